The first kappa shape index (κ1) is 15.2. The van der Waals surface area contributed by atoms with Gasteiger partial charge < -0.3 is 18.9 Å². The van der Waals surface area contributed by atoms with Crippen LogP contribution in [0.4, 0.5) is 0 Å². The molecule has 2 saturated heterocycles. The summed E-state index contributed by atoms with van der Waals surface area (Å²) in [6, 6.07) is 0. The van der Waals surface area contributed by atoms with Crippen LogP contribution in [0.1, 0.15) is 48.5 Å². The second-order valence-electron chi connectivity index (χ2n) is 6.77. The zero-order valence-electron chi connectivity index (χ0n) is 13.2. The maximum atomic E-state index is 6.25. The van der Waals surface area contributed by atoms with Crippen LogP contribution < -0.4 is 0 Å². The van der Waals surface area contributed by atoms with Gasteiger partial charge in [-0.1, -0.05) is 0 Å². The highest BCUT2D eigenvalue weighted by molar-refractivity contribution is 5.17. The number of hydrogen-bond acceptors (Lipinski definition) is 4. The Morgan fingerprint density at radius 3 is 2.21 bits per heavy atom. The zero-order valence-corrected chi connectivity index (χ0v) is 13.2. The van der Waals surface area contributed by atoms with Crippen LogP contribution in [0.25, 0.3) is 0 Å². The molecule has 4 atom stereocenters. The maximum absolute atomic E-state index is 6.25. The fourth-order valence-electron chi connectivity index (χ4n) is 3.12. The molecule has 2 heterocycles. The third kappa shape index (κ3) is 2.44. The summed E-state index contributed by atoms with van der Waals surface area (Å²) in [4.78, 5) is 0. The van der Waals surface area contributed by atoms with E-state index in [0.29, 0.717) is 6.61 Å². The molecule has 0 aromatic carbocycles. The fourth-order valence-corrected chi connectivity index (χ4v) is 3.12. The SMILES string of the molecule is CC(C)OC[C@]12O[C@@H](C)[C@H](OC1(C)C)[C@@H]2OC(C)C. The Balaban J connectivity index is 2.25. The van der Waals surface area contributed by atoms with E-state index in [9.17, 15) is 0 Å². The van der Waals surface area contributed by atoms with Crippen LogP contribution in [0.2, 0.25) is 0 Å². The van der Waals surface area contributed by atoms with Crippen molar-refractivity contribution in [2.75, 3.05) is 6.61 Å². The molecule has 0 unspecified atom stereocenters. The highest BCUT2D eigenvalue weighted by Crippen LogP contribution is 2.52. The van der Waals surface area contributed by atoms with Gasteiger partial charge in [0.25, 0.3) is 0 Å². The molecule has 0 spiro atoms. The molecule has 2 bridgehead atoms. The lowest BCUT2D eigenvalue weighted by Gasteiger charge is -2.43. The number of fused-ring (bicyclic) bond motifs is 2. The molecule has 2 rings (SSSR count). The van der Waals surface area contributed by atoms with Crippen molar-refractivity contribution in [3.63, 3.8) is 0 Å². The monoisotopic (exact) mass is 272 g/mol. The van der Waals surface area contributed by atoms with Gasteiger partial charge in [0.2, 0.25) is 0 Å². The van der Waals surface area contributed by atoms with Crippen molar-refractivity contribution < 1.29 is 18.9 Å². The Morgan fingerprint density at radius 2 is 1.68 bits per heavy atom. The molecule has 0 aliphatic carbocycles. The van der Waals surface area contributed by atoms with Crippen LogP contribution in [0, 0.1) is 0 Å². The van der Waals surface area contributed by atoms with E-state index in [-0.39, 0.29) is 30.5 Å². The van der Waals surface area contributed by atoms with Gasteiger partial charge in [-0.3, -0.25) is 0 Å². The van der Waals surface area contributed by atoms with Gasteiger partial charge in [-0.25, -0.2) is 0 Å². The molecule has 0 radical (unpaired) electrons. The minimum absolute atomic E-state index is 0.00633. The molecule has 4 nitrogen and oxygen atoms in total. The molecule has 0 N–H and O–H groups in total. The molecule has 19 heavy (non-hydrogen) atoms. The van der Waals surface area contributed by atoms with E-state index in [1.807, 2.05) is 34.6 Å². The molecule has 112 valence electrons. The molecule has 0 amide bonds. The summed E-state index contributed by atoms with van der Waals surface area (Å²) >= 11 is 0. The van der Waals surface area contributed by atoms with E-state index in [2.05, 4.69) is 13.8 Å². The van der Waals surface area contributed by atoms with E-state index in [1.165, 1.54) is 0 Å². The van der Waals surface area contributed by atoms with Crippen LogP contribution in [-0.2, 0) is 18.9 Å². The van der Waals surface area contributed by atoms with Crippen molar-refractivity contribution in [3.8, 4) is 0 Å². The van der Waals surface area contributed by atoms with Gasteiger partial charge in [0.15, 0.2) is 0 Å². The van der Waals surface area contributed by atoms with Crippen LogP contribution in [0.15, 0.2) is 0 Å². The molecule has 4 heteroatoms. The lowest BCUT2D eigenvalue weighted by atomic mass is 9.84. The van der Waals surface area contributed by atoms with Gasteiger partial charge in [-0.05, 0) is 48.5 Å². The number of hydrogen-bond donors (Lipinski definition) is 0. The Labute approximate surface area is 116 Å². The van der Waals surface area contributed by atoms with E-state index < -0.39 is 11.2 Å². The molecule has 2 aliphatic rings. The molecule has 0 aromatic heterocycles. The fraction of sp³-hybridized carbons (Fsp3) is 1.00. The van der Waals surface area contributed by atoms with Crippen molar-refractivity contribution in [3.05, 3.63) is 0 Å². The summed E-state index contributed by atoms with van der Waals surface area (Å²) in [6.45, 7) is 14.9. The average Bonchev–Trinajstić information content (AvgIpc) is 2.61. The Morgan fingerprint density at radius 1 is 1.05 bits per heavy atom. The predicted octanol–water partition coefficient (Wildman–Crippen LogP) is 2.54. The largest absolute Gasteiger partial charge is 0.376 e. The van der Waals surface area contributed by atoms with Crippen LogP contribution in [0.3, 0.4) is 0 Å². The van der Waals surface area contributed by atoms with Gasteiger partial charge >= 0.3 is 0 Å². The van der Waals surface area contributed by atoms with Crippen LogP contribution in [0.5, 0.6) is 0 Å². The van der Waals surface area contributed by atoms with Gasteiger partial charge in [0, 0.05) is 0 Å². The first-order valence-electron chi connectivity index (χ1n) is 7.32. The Kier molecular flexibility index (Phi) is 4.00. The van der Waals surface area contributed by atoms with Crippen LogP contribution >= 0.6 is 0 Å². The highest BCUT2D eigenvalue weighted by Gasteiger charge is 2.70. The standard InChI is InChI=1S/C15H28O4/c1-9(2)16-8-15-13(17-10(3)4)12(11(5)18-15)19-14(15,6)7/h9-13H,8H2,1-7H3/t11-,12-,13-,15+/m0/s1. The first-order chi connectivity index (χ1) is 8.69. The summed E-state index contributed by atoms with van der Waals surface area (Å²) in [5.41, 5.74) is -0.899. The molecular weight excluding hydrogens is 244 g/mol. The van der Waals surface area contributed by atoms with Crippen molar-refractivity contribution >= 4 is 0 Å². The van der Waals surface area contributed by atoms with Gasteiger partial charge in [-0.15, -0.1) is 0 Å². The topological polar surface area (TPSA) is 36.9 Å². The summed E-state index contributed by atoms with van der Waals surface area (Å²) in [5.74, 6) is 0. The second kappa shape index (κ2) is 4.99. The third-order valence-electron chi connectivity index (χ3n) is 4.12. The summed E-state index contributed by atoms with van der Waals surface area (Å²) in [7, 11) is 0. The number of ether oxygens (including phenoxy) is 4. The number of rotatable bonds is 5. The lowest BCUT2D eigenvalue weighted by Crippen LogP contribution is -2.58. The first-order valence-corrected chi connectivity index (χ1v) is 7.32. The van der Waals surface area contributed by atoms with Crippen molar-refractivity contribution in [1.82, 2.24) is 0 Å². The third-order valence-corrected chi connectivity index (χ3v) is 4.12. The summed E-state index contributed by atoms with van der Waals surface area (Å²) in [5, 5.41) is 0. The molecule has 2 aliphatic heterocycles. The van der Waals surface area contributed by atoms with E-state index >= 15 is 0 Å². The molecular formula is C15H28O4. The zero-order chi connectivity index (χ0) is 14.4. The summed E-state index contributed by atoms with van der Waals surface area (Å²) < 4.78 is 24.4. The normalized spacial score (nSPS) is 40.6. The minimum atomic E-state index is -0.508. The maximum Gasteiger partial charge on any atom is 0.149 e. The van der Waals surface area contributed by atoms with Gasteiger partial charge in [-0.2, -0.15) is 0 Å². The van der Waals surface area contributed by atoms with Gasteiger partial charge in [0.1, 0.15) is 17.8 Å². The Bertz CT molecular complexity index is 326. The smallest absolute Gasteiger partial charge is 0.149 e. The van der Waals surface area contributed by atoms with E-state index in [0.717, 1.165) is 0 Å². The molecule has 0 saturated carbocycles. The van der Waals surface area contributed by atoms with Crippen LogP contribution in [-0.4, -0.2) is 48.3 Å². The molecule has 2 fully saturated rings. The lowest BCUT2D eigenvalue weighted by molar-refractivity contribution is -0.244. The van der Waals surface area contributed by atoms with Crippen molar-refractivity contribution in [2.24, 2.45) is 0 Å². The Hall–Kier alpha value is -0.160. The average molecular weight is 272 g/mol. The predicted molar refractivity (Wildman–Crippen MR) is 73.3 cm³/mol. The summed E-state index contributed by atoms with van der Waals surface area (Å²) in [6.07, 6.45) is 0.303. The highest BCUT2D eigenvalue weighted by atomic mass is 16.7. The van der Waals surface area contributed by atoms with Gasteiger partial charge in [0.05, 0.1) is 30.5 Å². The minimum Gasteiger partial charge on any atom is -0.376 e. The van der Waals surface area contributed by atoms with E-state index in [4.69, 9.17) is 18.9 Å². The second-order valence-corrected chi connectivity index (χ2v) is 6.77. The molecule has 0 aromatic rings. The van der Waals surface area contributed by atoms with E-state index in [1.54, 1.807) is 0 Å². The van der Waals surface area contributed by atoms with Crippen molar-refractivity contribution in [2.45, 2.75) is 90.2 Å². The van der Waals surface area contributed by atoms with Crippen molar-refractivity contribution in [1.29, 1.82) is 0 Å². The quantitative estimate of drug-likeness (QED) is 0.770.